The number of amides is 2. The number of methoxy groups -OCH3 is 1. The summed E-state index contributed by atoms with van der Waals surface area (Å²) in [5.74, 6) is -0.428. The van der Waals surface area contributed by atoms with Crippen LogP contribution in [-0.2, 0) is 32.6 Å². The molecule has 2 amide bonds. The SMILES string of the molecule is CCCCNC(=O)C(Cc1ccccc1)N(Cc1ccccc1C)C(=O)CN(c1ccc(OC)c(Cl)c1)S(C)(=O)=O. The fourth-order valence-electron chi connectivity index (χ4n) is 4.46. The Labute approximate surface area is 248 Å². The molecule has 3 aromatic rings. The number of hydrogen-bond acceptors (Lipinski definition) is 5. The minimum Gasteiger partial charge on any atom is -0.495 e. The summed E-state index contributed by atoms with van der Waals surface area (Å²) < 4.78 is 32.1. The van der Waals surface area contributed by atoms with Gasteiger partial charge in [-0.25, -0.2) is 8.42 Å². The molecule has 8 nitrogen and oxygen atoms in total. The maximum absolute atomic E-state index is 14.1. The summed E-state index contributed by atoms with van der Waals surface area (Å²) >= 11 is 6.30. The third-order valence-corrected chi connectivity index (χ3v) is 8.24. The van der Waals surface area contributed by atoms with Crippen LogP contribution in [0.1, 0.15) is 36.5 Å². The predicted molar refractivity (Wildman–Crippen MR) is 164 cm³/mol. The van der Waals surface area contributed by atoms with E-state index >= 15 is 0 Å². The molecule has 0 aromatic heterocycles. The maximum Gasteiger partial charge on any atom is 0.244 e. The molecule has 3 aromatic carbocycles. The normalized spacial score (nSPS) is 11.9. The summed E-state index contributed by atoms with van der Waals surface area (Å²) in [4.78, 5) is 29.3. The third kappa shape index (κ3) is 8.96. The molecule has 0 saturated heterocycles. The summed E-state index contributed by atoms with van der Waals surface area (Å²) in [5.41, 5.74) is 2.91. The lowest BCUT2D eigenvalue weighted by molar-refractivity contribution is -0.140. The van der Waals surface area contributed by atoms with Gasteiger partial charge in [0.15, 0.2) is 0 Å². The maximum atomic E-state index is 14.1. The van der Waals surface area contributed by atoms with Crippen LogP contribution in [0.3, 0.4) is 0 Å². The highest BCUT2D eigenvalue weighted by Crippen LogP contribution is 2.30. The number of ether oxygens (including phenoxy) is 1. The van der Waals surface area contributed by atoms with Gasteiger partial charge in [-0.2, -0.15) is 0 Å². The molecule has 41 heavy (non-hydrogen) atoms. The second-order valence-corrected chi connectivity index (χ2v) is 12.2. The molecule has 0 aliphatic heterocycles. The van der Waals surface area contributed by atoms with Gasteiger partial charge in [0, 0.05) is 19.5 Å². The van der Waals surface area contributed by atoms with E-state index in [9.17, 15) is 18.0 Å². The van der Waals surface area contributed by atoms with E-state index in [0.717, 1.165) is 40.1 Å². The molecule has 0 aliphatic carbocycles. The Morgan fingerprint density at radius 1 is 1.02 bits per heavy atom. The van der Waals surface area contributed by atoms with Crippen molar-refractivity contribution in [3.8, 4) is 5.75 Å². The lowest BCUT2D eigenvalue weighted by atomic mass is 10.0. The van der Waals surface area contributed by atoms with Crippen molar-refractivity contribution in [2.24, 2.45) is 0 Å². The summed E-state index contributed by atoms with van der Waals surface area (Å²) in [6.45, 7) is 4.07. The number of benzene rings is 3. The van der Waals surface area contributed by atoms with Crippen LogP contribution in [0, 0.1) is 6.92 Å². The van der Waals surface area contributed by atoms with E-state index in [1.54, 1.807) is 6.07 Å². The Hall–Kier alpha value is -3.56. The molecular weight excluding hydrogens is 562 g/mol. The summed E-state index contributed by atoms with van der Waals surface area (Å²) in [6.07, 6.45) is 3.01. The number of anilines is 1. The van der Waals surface area contributed by atoms with Crippen molar-refractivity contribution in [1.29, 1.82) is 0 Å². The fraction of sp³-hybridized carbons (Fsp3) is 0.355. The molecule has 0 bridgehead atoms. The van der Waals surface area contributed by atoms with Gasteiger partial charge >= 0.3 is 0 Å². The molecule has 1 atom stereocenters. The first-order valence-corrected chi connectivity index (χ1v) is 15.7. The zero-order valence-electron chi connectivity index (χ0n) is 24.0. The highest BCUT2D eigenvalue weighted by molar-refractivity contribution is 7.92. The summed E-state index contributed by atoms with van der Waals surface area (Å²) in [5, 5.41) is 3.19. The number of nitrogens with zero attached hydrogens (tertiary/aromatic N) is 2. The second kappa shape index (κ2) is 14.9. The summed E-state index contributed by atoms with van der Waals surface area (Å²) in [7, 11) is -2.44. The van der Waals surface area contributed by atoms with Gasteiger partial charge in [0.1, 0.15) is 18.3 Å². The van der Waals surface area contributed by atoms with Gasteiger partial charge in [0.25, 0.3) is 0 Å². The molecule has 0 radical (unpaired) electrons. The molecule has 0 aliphatic rings. The highest BCUT2D eigenvalue weighted by atomic mass is 35.5. The second-order valence-electron chi connectivity index (χ2n) is 9.89. The number of halogens is 1. The largest absolute Gasteiger partial charge is 0.495 e. The van der Waals surface area contributed by atoms with E-state index in [-0.39, 0.29) is 29.6 Å². The molecule has 1 N–H and O–H groups in total. The van der Waals surface area contributed by atoms with Crippen molar-refractivity contribution >= 4 is 39.1 Å². The Bertz CT molecular complexity index is 1430. The molecule has 0 heterocycles. The van der Waals surface area contributed by atoms with Crippen LogP contribution >= 0.6 is 11.6 Å². The number of rotatable bonds is 14. The number of sulfonamides is 1. The monoisotopic (exact) mass is 599 g/mol. The number of unbranched alkanes of at least 4 members (excludes halogenated alkanes) is 1. The first-order valence-electron chi connectivity index (χ1n) is 13.5. The van der Waals surface area contributed by atoms with Gasteiger partial charge in [0.2, 0.25) is 21.8 Å². The van der Waals surface area contributed by atoms with Crippen LogP contribution in [0.25, 0.3) is 0 Å². The molecule has 1 unspecified atom stereocenters. The van der Waals surface area contributed by atoms with E-state index in [4.69, 9.17) is 16.3 Å². The van der Waals surface area contributed by atoms with E-state index in [0.29, 0.717) is 12.3 Å². The average Bonchev–Trinajstić information content (AvgIpc) is 2.94. The molecule has 220 valence electrons. The number of carbonyl (C=O) groups is 2. The van der Waals surface area contributed by atoms with Crippen LogP contribution in [0.4, 0.5) is 5.69 Å². The smallest absolute Gasteiger partial charge is 0.244 e. The minimum absolute atomic E-state index is 0.130. The lowest BCUT2D eigenvalue weighted by Gasteiger charge is -2.34. The Morgan fingerprint density at radius 3 is 2.32 bits per heavy atom. The van der Waals surface area contributed by atoms with Crippen LogP contribution in [-0.4, -0.2) is 57.6 Å². The van der Waals surface area contributed by atoms with Gasteiger partial charge in [-0.15, -0.1) is 0 Å². The zero-order chi connectivity index (χ0) is 30.0. The molecule has 0 spiro atoms. The molecular formula is C31H38ClN3O5S. The number of hydrogen-bond donors (Lipinski definition) is 1. The topological polar surface area (TPSA) is 96.0 Å². The molecule has 0 fully saturated rings. The zero-order valence-corrected chi connectivity index (χ0v) is 25.5. The van der Waals surface area contributed by atoms with E-state index in [1.165, 1.54) is 24.1 Å². The van der Waals surface area contributed by atoms with Gasteiger partial charge in [0.05, 0.1) is 24.1 Å². The first-order chi connectivity index (χ1) is 19.5. The standard InChI is InChI=1S/C31H38ClN3O5S/c1-5-6-18-33-31(37)28(19-24-13-8-7-9-14-24)34(21-25-15-11-10-12-23(25)2)30(36)22-35(41(4,38)39)26-16-17-29(40-3)27(32)20-26/h7-17,20,28H,5-6,18-19,21-22H2,1-4H3,(H,33,37). The minimum atomic E-state index is -3.90. The highest BCUT2D eigenvalue weighted by Gasteiger charge is 2.33. The van der Waals surface area contributed by atoms with Crippen LogP contribution in [0.2, 0.25) is 5.02 Å². The van der Waals surface area contributed by atoms with Crippen molar-refractivity contribution in [3.05, 3.63) is 94.5 Å². The molecule has 3 rings (SSSR count). The van der Waals surface area contributed by atoms with Crippen molar-refractivity contribution in [3.63, 3.8) is 0 Å². The quantitative estimate of drug-likeness (QED) is 0.264. The van der Waals surface area contributed by atoms with Gasteiger partial charge < -0.3 is 15.0 Å². The number of nitrogens with one attached hydrogen (secondary N) is 1. The number of carbonyl (C=O) groups excluding carboxylic acids is 2. The van der Waals surface area contributed by atoms with E-state index in [1.807, 2.05) is 68.4 Å². The van der Waals surface area contributed by atoms with Crippen LogP contribution in [0.5, 0.6) is 5.75 Å². The van der Waals surface area contributed by atoms with Crippen LogP contribution in [0.15, 0.2) is 72.8 Å². The Morgan fingerprint density at radius 2 is 1.71 bits per heavy atom. The van der Waals surface area contributed by atoms with Crippen LogP contribution < -0.4 is 14.4 Å². The molecule has 0 saturated carbocycles. The Balaban J connectivity index is 2.05. The van der Waals surface area contributed by atoms with E-state index < -0.39 is 28.5 Å². The first kappa shape index (κ1) is 32.0. The lowest BCUT2D eigenvalue weighted by Crippen LogP contribution is -2.53. The fourth-order valence-corrected chi connectivity index (χ4v) is 5.55. The third-order valence-electron chi connectivity index (χ3n) is 6.81. The van der Waals surface area contributed by atoms with Crippen molar-refractivity contribution in [1.82, 2.24) is 10.2 Å². The van der Waals surface area contributed by atoms with Gasteiger partial charge in [-0.3, -0.25) is 13.9 Å². The van der Waals surface area contributed by atoms with Gasteiger partial charge in [-0.05, 0) is 48.2 Å². The predicted octanol–water partition coefficient (Wildman–Crippen LogP) is 4.98. The van der Waals surface area contributed by atoms with E-state index in [2.05, 4.69) is 5.32 Å². The average molecular weight is 600 g/mol. The van der Waals surface area contributed by atoms with Gasteiger partial charge in [-0.1, -0.05) is 79.5 Å². The number of aryl methyl sites for hydroxylation is 1. The summed E-state index contributed by atoms with van der Waals surface area (Å²) in [6, 6.07) is 20.7. The molecule has 10 heteroatoms. The van der Waals surface area contributed by atoms with Crippen molar-refractivity contribution < 1.29 is 22.7 Å². The Kier molecular flexibility index (Phi) is 11.6. The van der Waals surface area contributed by atoms with Crippen molar-refractivity contribution in [2.45, 2.75) is 45.7 Å². The van der Waals surface area contributed by atoms with Crippen molar-refractivity contribution in [2.75, 3.05) is 30.8 Å².